The molecule has 0 atom stereocenters. The molecule has 0 bridgehead atoms. The van der Waals surface area contributed by atoms with E-state index in [4.69, 9.17) is 0 Å². The summed E-state index contributed by atoms with van der Waals surface area (Å²) in [6, 6.07) is 0. The number of unbranched alkanes of at least 4 members (excludes halogenated alkanes) is 1. The van der Waals surface area contributed by atoms with Crippen molar-refractivity contribution in [2.75, 3.05) is 0 Å². The van der Waals surface area contributed by atoms with Crippen LogP contribution in [0.5, 0.6) is 0 Å². The maximum absolute atomic E-state index is 10.9. The number of hydrogen-bond acceptors (Lipinski definition) is 2. The summed E-state index contributed by atoms with van der Waals surface area (Å²) >= 11 is 0. The standard InChI is InChI=1S/C12H19NO/c1-3-5-7-10-13-11-8-6-9-12(14)4-2/h6-8,10-11H,3-5,9H2,1-2H3/b8-6-,10-7?,13-11-. The zero-order chi connectivity index (χ0) is 10.6. The molecule has 0 aliphatic heterocycles. The fourth-order valence-electron chi connectivity index (χ4n) is 0.806. The molecule has 0 saturated carbocycles. The Hall–Kier alpha value is -1.18. The molecule has 0 heterocycles. The smallest absolute Gasteiger partial charge is 0.136 e. The van der Waals surface area contributed by atoms with Gasteiger partial charge in [0.1, 0.15) is 5.78 Å². The Morgan fingerprint density at radius 2 is 2.07 bits per heavy atom. The molecule has 0 N–H and O–H groups in total. The Labute approximate surface area is 86.4 Å². The molecule has 14 heavy (non-hydrogen) atoms. The highest BCUT2D eigenvalue weighted by molar-refractivity contribution is 5.81. The number of Topliss-reactive ketones (excluding diaryl/α,β-unsaturated/α-hetero) is 1. The Morgan fingerprint density at radius 1 is 1.29 bits per heavy atom. The molecule has 0 radical (unpaired) electrons. The predicted octanol–water partition coefficient (Wildman–Crippen LogP) is 3.30. The van der Waals surface area contributed by atoms with Crippen LogP contribution in [0.25, 0.3) is 0 Å². The minimum atomic E-state index is 0.260. The molecular weight excluding hydrogens is 174 g/mol. The first-order valence-electron chi connectivity index (χ1n) is 5.16. The highest BCUT2D eigenvalue weighted by atomic mass is 16.1. The van der Waals surface area contributed by atoms with E-state index >= 15 is 0 Å². The fourth-order valence-corrected chi connectivity index (χ4v) is 0.806. The van der Waals surface area contributed by atoms with Crippen molar-refractivity contribution in [3.63, 3.8) is 0 Å². The molecule has 0 fully saturated rings. The lowest BCUT2D eigenvalue weighted by Gasteiger charge is -1.86. The molecule has 0 unspecified atom stereocenters. The minimum Gasteiger partial charge on any atom is -0.299 e. The van der Waals surface area contributed by atoms with Crippen molar-refractivity contribution in [2.24, 2.45) is 4.99 Å². The molecule has 0 aliphatic carbocycles. The first-order valence-corrected chi connectivity index (χ1v) is 5.16. The van der Waals surface area contributed by atoms with Gasteiger partial charge in [-0.1, -0.05) is 32.4 Å². The number of ketones is 1. The quantitative estimate of drug-likeness (QED) is 0.570. The third-order valence-electron chi connectivity index (χ3n) is 1.69. The molecule has 0 aromatic carbocycles. The maximum atomic E-state index is 10.9. The molecule has 2 nitrogen and oxygen atoms in total. The van der Waals surface area contributed by atoms with Crippen LogP contribution in [0.1, 0.15) is 39.5 Å². The number of aliphatic imine (C=N–C) groups is 1. The van der Waals surface area contributed by atoms with E-state index in [9.17, 15) is 4.79 Å². The lowest BCUT2D eigenvalue weighted by Crippen LogP contribution is -1.90. The van der Waals surface area contributed by atoms with Crippen molar-refractivity contribution in [3.05, 3.63) is 24.4 Å². The van der Waals surface area contributed by atoms with Crippen LogP contribution in [-0.4, -0.2) is 12.0 Å². The summed E-state index contributed by atoms with van der Waals surface area (Å²) in [5.74, 6) is 0.260. The van der Waals surface area contributed by atoms with Crippen LogP contribution in [0.2, 0.25) is 0 Å². The van der Waals surface area contributed by atoms with Crippen LogP contribution < -0.4 is 0 Å². The molecule has 0 spiro atoms. The Kier molecular flexibility index (Phi) is 9.07. The van der Waals surface area contributed by atoms with Crippen molar-refractivity contribution in [1.29, 1.82) is 0 Å². The van der Waals surface area contributed by atoms with E-state index in [0.29, 0.717) is 12.8 Å². The van der Waals surface area contributed by atoms with Gasteiger partial charge in [-0.25, -0.2) is 0 Å². The first kappa shape index (κ1) is 12.8. The van der Waals surface area contributed by atoms with E-state index in [1.54, 1.807) is 12.4 Å². The third kappa shape index (κ3) is 8.91. The van der Waals surface area contributed by atoms with Gasteiger partial charge in [0.25, 0.3) is 0 Å². The highest BCUT2D eigenvalue weighted by Gasteiger charge is 1.90. The van der Waals surface area contributed by atoms with E-state index in [1.807, 2.05) is 25.2 Å². The zero-order valence-corrected chi connectivity index (χ0v) is 9.07. The first-order chi connectivity index (χ1) is 6.81. The van der Waals surface area contributed by atoms with Gasteiger partial charge in [-0.2, -0.15) is 0 Å². The Balaban J connectivity index is 3.55. The highest BCUT2D eigenvalue weighted by Crippen LogP contribution is 1.90. The molecule has 0 aliphatic rings. The monoisotopic (exact) mass is 193 g/mol. The summed E-state index contributed by atoms with van der Waals surface area (Å²) in [4.78, 5) is 14.9. The second-order valence-corrected chi connectivity index (χ2v) is 3.00. The van der Waals surface area contributed by atoms with Crippen molar-refractivity contribution < 1.29 is 4.79 Å². The second kappa shape index (κ2) is 9.90. The average molecular weight is 193 g/mol. The van der Waals surface area contributed by atoms with Gasteiger partial charge in [0.05, 0.1) is 0 Å². The maximum Gasteiger partial charge on any atom is 0.136 e. The van der Waals surface area contributed by atoms with Gasteiger partial charge in [0, 0.05) is 25.3 Å². The number of allylic oxidation sites excluding steroid dienone is 3. The summed E-state index contributed by atoms with van der Waals surface area (Å²) < 4.78 is 0. The van der Waals surface area contributed by atoms with Crippen LogP contribution in [0.3, 0.4) is 0 Å². The van der Waals surface area contributed by atoms with Crippen molar-refractivity contribution in [1.82, 2.24) is 0 Å². The van der Waals surface area contributed by atoms with Gasteiger partial charge >= 0.3 is 0 Å². The van der Waals surface area contributed by atoms with Gasteiger partial charge in [-0.05, 0) is 12.5 Å². The van der Waals surface area contributed by atoms with E-state index in [1.165, 1.54) is 0 Å². The Morgan fingerprint density at radius 3 is 2.71 bits per heavy atom. The SMILES string of the molecule is CCCC=C/N=C\C=C/CC(=O)CC. The van der Waals surface area contributed by atoms with Crippen molar-refractivity contribution >= 4 is 12.0 Å². The van der Waals surface area contributed by atoms with Crippen LogP contribution in [-0.2, 0) is 4.79 Å². The van der Waals surface area contributed by atoms with Crippen LogP contribution in [0, 0.1) is 0 Å². The largest absolute Gasteiger partial charge is 0.299 e. The Bertz CT molecular complexity index is 226. The third-order valence-corrected chi connectivity index (χ3v) is 1.69. The van der Waals surface area contributed by atoms with E-state index in [2.05, 4.69) is 11.9 Å². The number of carbonyl (C=O) groups excluding carboxylic acids is 1. The van der Waals surface area contributed by atoms with E-state index < -0.39 is 0 Å². The lowest BCUT2D eigenvalue weighted by atomic mass is 10.2. The molecule has 0 amide bonds. The summed E-state index contributed by atoms with van der Waals surface area (Å²) in [6.07, 6.45) is 12.5. The van der Waals surface area contributed by atoms with Gasteiger partial charge in [-0.3, -0.25) is 9.79 Å². The van der Waals surface area contributed by atoms with Crippen molar-refractivity contribution in [2.45, 2.75) is 39.5 Å². The van der Waals surface area contributed by atoms with Crippen LogP contribution in [0.4, 0.5) is 0 Å². The zero-order valence-electron chi connectivity index (χ0n) is 9.07. The number of rotatable bonds is 7. The average Bonchev–Trinajstić information content (AvgIpc) is 2.21. The normalized spacial score (nSPS) is 12.1. The summed E-state index contributed by atoms with van der Waals surface area (Å²) in [7, 11) is 0. The van der Waals surface area contributed by atoms with Gasteiger partial charge in [0.2, 0.25) is 0 Å². The molecule has 0 aromatic heterocycles. The topological polar surface area (TPSA) is 29.4 Å². The molecule has 2 heteroatoms. The number of hydrogen-bond donors (Lipinski definition) is 0. The lowest BCUT2D eigenvalue weighted by molar-refractivity contribution is -0.117. The van der Waals surface area contributed by atoms with E-state index in [-0.39, 0.29) is 5.78 Å². The number of nitrogens with zero attached hydrogens (tertiary/aromatic N) is 1. The van der Waals surface area contributed by atoms with Crippen molar-refractivity contribution in [3.8, 4) is 0 Å². The van der Waals surface area contributed by atoms with Crippen LogP contribution >= 0.6 is 0 Å². The molecule has 78 valence electrons. The summed E-state index contributed by atoms with van der Waals surface area (Å²) in [6.45, 7) is 4.00. The summed E-state index contributed by atoms with van der Waals surface area (Å²) in [5.41, 5.74) is 0. The molecular formula is C12H19NO. The predicted molar refractivity (Wildman–Crippen MR) is 61.6 cm³/mol. The molecule has 0 saturated heterocycles. The van der Waals surface area contributed by atoms with Gasteiger partial charge in [-0.15, -0.1) is 0 Å². The van der Waals surface area contributed by atoms with Gasteiger partial charge < -0.3 is 0 Å². The van der Waals surface area contributed by atoms with Crippen LogP contribution in [0.15, 0.2) is 29.4 Å². The second-order valence-electron chi connectivity index (χ2n) is 3.00. The molecule has 0 rings (SSSR count). The minimum absolute atomic E-state index is 0.260. The van der Waals surface area contributed by atoms with E-state index in [0.717, 1.165) is 12.8 Å². The molecule has 0 aromatic rings. The summed E-state index contributed by atoms with van der Waals surface area (Å²) in [5, 5.41) is 0. The number of carbonyl (C=O) groups is 1. The fraction of sp³-hybridized carbons (Fsp3) is 0.500. The van der Waals surface area contributed by atoms with Gasteiger partial charge in [0.15, 0.2) is 0 Å².